The van der Waals surface area contributed by atoms with Crippen molar-refractivity contribution >= 4 is 45.0 Å². The quantitative estimate of drug-likeness (QED) is 0.459. The van der Waals surface area contributed by atoms with E-state index in [2.05, 4.69) is 38.1 Å². The summed E-state index contributed by atoms with van der Waals surface area (Å²) in [7, 11) is 0. The summed E-state index contributed by atoms with van der Waals surface area (Å²) in [6.07, 6.45) is 1.72. The molecule has 1 aliphatic heterocycles. The van der Waals surface area contributed by atoms with Gasteiger partial charge in [-0.05, 0) is 29.8 Å². The van der Waals surface area contributed by atoms with Crippen LogP contribution in [0.5, 0.6) is 5.75 Å². The highest BCUT2D eigenvalue weighted by molar-refractivity contribution is 9.10. The van der Waals surface area contributed by atoms with Crippen molar-refractivity contribution in [3.05, 3.63) is 80.5 Å². The van der Waals surface area contributed by atoms with Crippen molar-refractivity contribution in [2.24, 2.45) is 0 Å². The number of nitrogens with zero attached hydrogens (tertiary/aromatic N) is 4. The highest BCUT2D eigenvalue weighted by atomic mass is 79.9. The first-order valence-electron chi connectivity index (χ1n) is 9.86. The third-order valence-corrected chi connectivity index (χ3v) is 6.71. The molecule has 3 aromatic rings. The van der Waals surface area contributed by atoms with Gasteiger partial charge in [0.05, 0.1) is 5.02 Å². The number of benzene rings is 2. The van der Waals surface area contributed by atoms with Crippen LogP contribution < -0.4 is 4.74 Å². The lowest BCUT2D eigenvalue weighted by Gasteiger charge is -2.34. The molecule has 0 atom stereocenters. The van der Waals surface area contributed by atoms with Crippen molar-refractivity contribution in [2.45, 2.75) is 13.3 Å². The van der Waals surface area contributed by atoms with Gasteiger partial charge in [-0.25, -0.2) is 4.68 Å². The van der Waals surface area contributed by atoms with Gasteiger partial charge in [-0.15, -0.1) is 0 Å². The Morgan fingerprint density at radius 1 is 1.03 bits per heavy atom. The van der Waals surface area contributed by atoms with Crippen LogP contribution >= 0.6 is 39.1 Å². The largest absolute Gasteiger partial charge is 0.470 e. The van der Waals surface area contributed by atoms with E-state index in [-0.39, 0.29) is 12.6 Å². The molecule has 2 aromatic carbocycles. The SMILES string of the molecule is O=C(c1ccn(COc2cccc(Cl)c2Cl)n1)N1CCN(Cc2ccccc2Br)CC1. The summed E-state index contributed by atoms with van der Waals surface area (Å²) in [4.78, 5) is 17.0. The second kappa shape index (κ2) is 10.0. The molecule has 0 bridgehead atoms. The monoisotopic (exact) mass is 522 g/mol. The Hall–Kier alpha value is -2.06. The molecule has 1 aliphatic rings. The molecule has 1 aromatic heterocycles. The second-order valence-electron chi connectivity index (χ2n) is 7.23. The van der Waals surface area contributed by atoms with Crippen LogP contribution in [0.3, 0.4) is 0 Å². The lowest BCUT2D eigenvalue weighted by atomic mass is 10.2. The Kier molecular flexibility index (Phi) is 7.17. The number of rotatable bonds is 6. The number of hydrogen-bond donors (Lipinski definition) is 0. The van der Waals surface area contributed by atoms with Gasteiger partial charge in [0.2, 0.25) is 0 Å². The Labute approximate surface area is 199 Å². The summed E-state index contributed by atoms with van der Waals surface area (Å²) in [6.45, 7) is 3.98. The minimum absolute atomic E-state index is 0.0694. The molecule has 0 aliphatic carbocycles. The first-order chi connectivity index (χ1) is 15.0. The molecule has 162 valence electrons. The van der Waals surface area contributed by atoms with E-state index in [0.717, 1.165) is 24.1 Å². The molecular formula is C22H21BrCl2N4O2. The molecular weight excluding hydrogens is 503 g/mol. The molecule has 6 nitrogen and oxygen atoms in total. The summed E-state index contributed by atoms with van der Waals surface area (Å²) in [5, 5.41) is 5.14. The molecule has 0 saturated carbocycles. The maximum atomic E-state index is 12.8. The van der Waals surface area contributed by atoms with Crippen LogP contribution in [0.15, 0.2) is 59.2 Å². The van der Waals surface area contributed by atoms with Crippen LogP contribution in [0.2, 0.25) is 10.0 Å². The standard InChI is InChI=1S/C22H21BrCl2N4O2/c23-17-5-2-1-4-16(17)14-27-10-12-28(13-11-27)22(30)19-8-9-29(26-19)15-31-20-7-3-6-18(24)21(20)25/h1-9H,10-15H2. The molecule has 1 amide bonds. The molecule has 0 radical (unpaired) electrons. The van der Waals surface area contributed by atoms with Crippen LogP contribution in [0.4, 0.5) is 0 Å². The summed E-state index contributed by atoms with van der Waals surface area (Å²) in [5.41, 5.74) is 1.65. The van der Waals surface area contributed by atoms with Gasteiger partial charge in [0.1, 0.15) is 10.8 Å². The fraction of sp³-hybridized carbons (Fsp3) is 0.273. The number of halogens is 3. The molecule has 31 heavy (non-hydrogen) atoms. The molecule has 2 heterocycles. The van der Waals surface area contributed by atoms with Crippen molar-refractivity contribution in [2.75, 3.05) is 26.2 Å². The minimum Gasteiger partial charge on any atom is -0.470 e. The zero-order valence-corrected chi connectivity index (χ0v) is 19.8. The lowest BCUT2D eigenvalue weighted by molar-refractivity contribution is 0.0620. The first-order valence-corrected chi connectivity index (χ1v) is 11.4. The van der Waals surface area contributed by atoms with Crippen LogP contribution in [0, 0.1) is 0 Å². The van der Waals surface area contributed by atoms with Crippen LogP contribution in [0.25, 0.3) is 0 Å². The third-order valence-electron chi connectivity index (χ3n) is 5.14. The van der Waals surface area contributed by atoms with E-state index in [4.69, 9.17) is 27.9 Å². The summed E-state index contributed by atoms with van der Waals surface area (Å²) in [5.74, 6) is 0.402. The van der Waals surface area contributed by atoms with Crippen LogP contribution in [-0.2, 0) is 13.3 Å². The Balaban J connectivity index is 1.30. The predicted molar refractivity (Wildman–Crippen MR) is 125 cm³/mol. The normalized spacial score (nSPS) is 14.6. The smallest absolute Gasteiger partial charge is 0.274 e. The summed E-state index contributed by atoms with van der Waals surface area (Å²) < 4.78 is 8.35. The van der Waals surface area contributed by atoms with Crippen LogP contribution in [-0.4, -0.2) is 51.7 Å². The average Bonchev–Trinajstić information content (AvgIpc) is 3.25. The molecule has 1 saturated heterocycles. The third kappa shape index (κ3) is 5.41. The molecule has 0 spiro atoms. The first kappa shape index (κ1) is 22.1. The van der Waals surface area contributed by atoms with Gasteiger partial charge in [0.15, 0.2) is 12.4 Å². The van der Waals surface area contributed by atoms with E-state index in [1.54, 1.807) is 35.1 Å². The van der Waals surface area contributed by atoms with Gasteiger partial charge < -0.3 is 9.64 Å². The zero-order chi connectivity index (χ0) is 21.8. The Morgan fingerprint density at radius 2 is 1.81 bits per heavy atom. The number of aromatic nitrogens is 2. The van der Waals surface area contributed by atoms with E-state index >= 15 is 0 Å². The second-order valence-corrected chi connectivity index (χ2v) is 8.87. The summed E-state index contributed by atoms with van der Waals surface area (Å²) >= 11 is 15.7. The molecule has 0 N–H and O–H groups in total. The van der Waals surface area contributed by atoms with Crippen molar-refractivity contribution in [1.82, 2.24) is 19.6 Å². The maximum absolute atomic E-state index is 12.8. The molecule has 9 heteroatoms. The van der Waals surface area contributed by atoms with Crippen molar-refractivity contribution in [3.8, 4) is 5.75 Å². The highest BCUT2D eigenvalue weighted by Gasteiger charge is 2.24. The number of carbonyl (C=O) groups is 1. The van der Waals surface area contributed by atoms with Gasteiger partial charge in [-0.1, -0.05) is 63.4 Å². The average molecular weight is 524 g/mol. The molecule has 4 rings (SSSR count). The lowest BCUT2D eigenvalue weighted by Crippen LogP contribution is -2.48. The Bertz CT molecular complexity index is 1070. The fourth-order valence-electron chi connectivity index (χ4n) is 3.42. The summed E-state index contributed by atoms with van der Waals surface area (Å²) in [6, 6.07) is 15.1. The molecule has 1 fully saturated rings. The van der Waals surface area contributed by atoms with Crippen LogP contribution in [0.1, 0.15) is 16.1 Å². The van der Waals surface area contributed by atoms with E-state index in [9.17, 15) is 4.79 Å². The maximum Gasteiger partial charge on any atom is 0.274 e. The van der Waals surface area contributed by atoms with E-state index < -0.39 is 0 Å². The van der Waals surface area contributed by atoms with Gasteiger partial charge in [0.25, 0.3) is 5.91 Å². The van der Waals surface area contributed by atoms with E-state index in [0.29, 0.717) is 34.6 Å². The van der Waals surface area contributed by atoms with E-state index in [1.165, 1.54) is 5.56 Å². The number of hydrogen-bond acceptors (Lipinski definition) is 4. The Morgan fingerprint density at radius 3 is 2.58 bits per heavy atom. The van der Waals surface area contributed by atoms with Gasteiger partial charge >= 0.3 is 0 Å². The molecule has 0 unspecified atom stereocenters. The zero-order valence-electron chi connectivity index (χ0n) is 16.7. The number of ether oxygens (including phenoxy) is 1. The van der Waals surface area contributed by atoms with Crippen molar-refractivity contribution in [1.29, 1.82) is 0 Å². The van der Waals surface area contributed by atoms with Gasteiger partial charge in [-0.2, -0.15) is 5.10 Å². The van der Waals surface area contributed by atoms with Crippen molar-refractivity contribution in [3.63, 3.8) is 0 Å². The number of carbonyl (C=O) groups excluding carboxylic acids is 1. The predicted octanol–water partition coefficient (Wildman–Crippen LogP) is 4.95. The van der Waals surface area contributed by atoms with Crippen molar-refractivity contribution < 1.29 is 9.53 Å². The fourth-order valence-corrected chi connectivity index (χ4v) is 4.17. The number of amides is 1. The topological polar surface area (TPSA) is 50.6 Å². The van der Waals surface area contributed by atoms with Gasteiger partial charge in [-0.3, -0.25) is 9.69 Å². The van der Waals surface area contributed by atoms with E-state index in [1.807, 2.05) is 17.0 Å². The minimum atomic E-state index is -0.0694. The highest BCUT2D eigenvalue weighted by Crippen LogP contribution is 2.31. The van der Waals surface area contributed by atoms with Gasteiger partial charge in [0, 0.05) is 43.4 Å². The number of piperazine rings is 1.